The van der Waals surface area contributed by atoms with Crippen molar-refractivity contribution in [1.29, 1.82) is 0 Å². The number of nitrogens with zero attached hydrogens (tertiary/aromatic N) is 1. The van der Waals surface area contributed by atoms with Gasteiger partial charge in [-0.15, -0.1) is 11.3 Å². The first-order chi connectivity index (χ1) is 15.0. The maximum atomic E-state index is 12.8. The maximum Gasteiger partial charge on any atom is 0.261 e. The molecule has 2 aliphatic rings. The van der Waals surface area contributed by atoms with Crippen LogP contribution in [0, 0.1) is 0 Å². The van der Waals surface area contributed by atoms with Crippen molar-refractivity contribution in [1.82, 2.24) is 10.6 Å². The number of hydrogen-bond acceptors (Lipinski definition) is 4. The summed E-state index contributed by atoms with van der Waals surface area (Å²) in [5.74, 6) is -0.181. The van der Waals surface area contributed by atoms with Crippen molar-refractivity contribution in [2.75, 3.05) is 11.4 Å². The van der Waals surface area contributed by atoms with Crippen molar-refractivity contribution >= 4 is 46.3 Å². The molecule has 2 heterocycles. The standard InChI is InChI=1S/C23H26ClN3O3S/c24-20-13-12-19(31-20)23(30)26-18-6-4-5-17(18)25-22(29)15-8-10-16(11-9-15)27-14-3-1-2-7-21(27)28/h8-13,17-18H,1-7,14H2,(H,25,29)(H,26,30)/t17-,18+/m0/s1. The Hall–Kier alpha value is -2.38. The molecule has 1 aliphatic carbocycles. The molecule has 1 aromatic heterocycles. The third kappa shape index (κ3) is 5.28. The smallest absolute Gasteiger partial charge is 0.261 e. The fourth-order valence-electron chi connectivity index (χ4n) is 4.28. The number of benzene rings is 1. The van der Waals surface area contributed by atoms with E-state index in [2.05, 4.69) is 10.6 Å². The molecule has 31 heavy (non-hydrogen) atoms. The van der Waals surface area contributed by atoms with Crippen molar-refractivity contribution in [2.45, 2.75) is 57.0 Å². The van der Waals surface area contributed by atoms with Crippen molar-refractivity contribution in [3.8, 4) is 0 Å². The van der Waals surface area contributed by atoms with Gasteiger partial charge in [0.05, 0.1) is 9.21 Å². The molecule has 2 atom stereocenters. The summed E-state index contributed by atoms with van der Waals surface area (Å²) in [6.45, 7) is 0.725. The highest BCUT2D eigenvalue weighted by Crippen LogP contribution is 2.25. The number of rotatable bonds is 5. The number of amides is 3. The summed E-state index contributed by atoms with van der Waals surface area (Å²) in [5, 5.41) is 6.10. The number of thiophene rings is 1. The van der Waals surface area contributed by atoms with E-state index in [0.29, 0.717) is 21.2 Å². The number of nitrogens with one attached hydrogen (secondary N) is 2. The molecule has 2 aromatic rings. The van der Waals surface area contributed by atoms with Crippen LogP contribution in [0.4, 0.5) is 5.69 Å². The quantitative estimate of drug-likeness (QED) is 0.696. The lowest BCUT2D eigenvalue weighted by Crippen LogP contribution is -2.48. The average Bonchev–Trinajstić information content (AvgIpc) is 3.33. The highest BCUT2D eigenvalue weighted by Gasteiger charge is 2.30. The normalized spacial score (nSPS) is 21.6. The molecule has 8 heteroatoms. The van der Waals surface area contributed by atoms with Crippen LogP contribution in [0.15, 0.2) is 36.4 Å². The summed E-state index contributed by atoms with van der Waals surface area (Å²) in [6, 6.07) is 10.4. The first-order valence-corrected chi connectivity index (χ1v) is 12.0. The number of anilines is 1. The van der Waals surface area contributed by atoms with Gasteiger partial charge < -0.3 is 15.5 Å². The van der Waals surface area contributed by atoms with Gasteiger partial charge in [-0.2, -0.15) is 0 Å². The second-order valence-electron chi connectivity index (χ2n) is 8.10. The molecule has 1 saturated carbocycles. The molecule has 1 aliphatic heterocycles. The largest absolute Gasteiger partial charge is 0.347 e. The Morgan fingerprint density at radius 1 is 0.903 bits per heavy atom. The van der Waals surface area contributed by atoms with E-state index in [9.17, 15) is 14.4 Å². The summed E-state index contributed by atoms with van der Waals surface area (Å²) in [5.41, 5.74) is 1.39. The maximum absolute atomic E-state index is 12.8. The molecule has 1 saturated heterocycles. The minimum absolute atomic E-state index is 0.105. The molecule has 164 valence electrons. The van der Waals surface area contributed by atoms with Gasteiger partial charge in [0, 0.05) is 36.3 Å². The molecule has 0 unspecified atom stereocenters. The predicted octanol–water partition coefficient (Wildman–Crippen LogP) is 4.39. The third-order valence-corrected chi connectivity index (χ3v) is 7.19. The Bertz CT molecular complexity index is 959. The number of carbonyl (C=O) groups excluding carboxylic acids is 3. The Labute approximate surface area is 191 Å². The zero-order chi connectivity index (χ0) is 21.8. The van der Waals surface area contributed by atoms with E-state index in [1.165, 1.54) is 11.3 Å². The fraction of sp³-hybridized carbons (Fsp3) is 0.435. The molecule has 2 N–H and O–H groups in total. The van der Waals surface area contributed by atoms with Gasteiger partial charge in [-0.25, -0.2) is 0 Å². The van der Waals surface area contributed by atoms with Crippen LogP contribution in [0.3, 0.4) is 0 Å². The molecule has 0 spiro atoms. The van der Waals surface area contributed by atoms with Crippen LogP contribution in [-0.2, 0) is 4.79 Å². The second-order valence-corrected chi connectivity index (χ2v) is 9.81. The number of halogens is 1. The van der Waals surface area contributed by atoms with Crippen molar-refractivity contribution in [2.24, 2.45) is 0 Å². The van der Waals surface area contributed by atoms with Crippen LogP contribution in [0.1, 0.15) is 65.0 Å². The van der Waals surface area contributed by atoms with Crippen molar-refractivity contribution in [3.05, 3.63) is 51.2 Å². The Balaban J connectivity index is 1.36. The molecular formula is C23H26ClN3O3S. The van der Waals surface area contributed by atoms with Crippen LogP contribution in [-0.4, -0.2) is 36.3 Å². The highest BCUT2D eigenvalue weighted by molar-refractivity contribution is 7.18. The number of hydrogen-bond donors (Lipinski definition) is 2. The van der Waals surface area contributed by atoms with E-state index in [1.54, 1.807) is 24.3 Å². The van der Waals surface area contributed by atoms with Gasteiger partial charge in [0.15, 0.2) is 0 Å². The van der Waals surface area contributed by atoms with E-state index in [4.69, 9.17) is 11.6 Å². The van der Waals surface area contributed by atoms with Crippen LogP contribution >= 0.6 is 22.9 Å². The minimum Gasteiger partial charge on any atom is -0.347 e. The van der Waals surface area contributed by atoms with Gasteiger partial charge in [-0.3, -0.25) is 14.4 Å². The molecule has 3 amide bonds. The molecule has 0 radical (unpaired) electrons. The van der Waals surface area contributed by atoms with Crippen LogP contribution in [0.5, 0.6) is 0 Å². The Morgan fingerprint density at radius 3 is 2.29 bits per heavy atom. The van der Waals surface area contributed by atoms with Gasteiger partial charge in [-0.1, -0.05) is 18.0 Å². The minimum atomic E-state index is -0.168. The molecule has 2 fully saturated rings. The second kappa shape index (κ2) is 9.83. The summed E-state index contributed by atoms with van der Waals surface area (Å²) < 4.78 is 0.576. The van der Waals surface area contributed by atoms with E-state index < -0.39 is 0 Å². The zero-order valence-corrected chi connectivity index (χ0v) is 18.8. The number of carbonyl (C=O) groups is 3. The first-order valence-electron chi connectivity index (χ1n) is 10.8. The highest BCUT2D eigenvalue weighted by atomic mass is 35.5. The third-order valence-electron chi connectivity index (χ3n) is 5.96. The van der Waals surface area contributed by atoms with Gasteiger partial charge in [0.2, 0.25) is 5.91 Å². The molecule has 1 aromatic carbocycles. The van der Waals surface area contributed by atoms with Crippen LogP contribution in [0.2, 0.25) is 4.34 Å². The van der Waals surface area contributed by atoms with Gasteiger partial charge in [-0.05, 0) is 68.5 Å². The van der Waals surface area contributed by atoms with Crippen molar-refractivity contribution < 1.29 is 14.4 Å². The van der Waals surface area contributed by atoms with E-state index in [-0.39, 0.29) is 29.8 Å². The van der Waals surface area contributed by atoms with Crippen LogP contribution < -0.4 is 15.5 Å². The van der Waals surface area contributed by atoms with E-state index >= 15 is 0 Å². The summed E-state index contributed by atoms with van der Waals surface area (Å²) >= 11 is 7.17. The fourth-order valence-corrected chi connectivity index (χ4v) is 5.23. The SMILES string of the molecule is O=C(N[C@H]1CCC[C@H]1NC(=O)c1ccc(Cl)s1)c1ccc(N2CCCCCC2=O)cc1. The summed E-state index contributed by atoms with van der Waals surface area (Å²) in [4.78, 5) is 39.9. The molecular weight excluding hydrogens is 434 g/mol. The van der Waals surface area contributed by atoms with E-state index in [1.807, 2.05) is 17.0 Å². The lowest BCUT2D eigenvalue weighted by atomic mass is 10.1. The monoisotopic (exact) mass is 459 g/mol. The molecule has 6 nitrogen and oxygen atoms in total. The Kier molecular flexibility index (Phi) is 6.92. The van der Waals surface area contributed by atoms with Crippen LogP contribution in [0.25, 0.3) is 0 Å². The summed E-state index contributed by atoms with van der Waals surface area (Å²) in [6.07, 6.45) is 6.18. The van der Waals surface area contributed by atoms with Crippen molar-refractivity contribution in [3.63, 3.8) is 0 Å². The molecule has 4 rings (SSSR count). The van der Waals surface area contributed by atoms with Gasteiger partial charge in [0.1, 0.15) is 0 Å². The van der Waals surface area contributed by atoms with E-state index in [0.717, 1.165) is 50.8 Å². The predicted molar refractivity (Wildman–Crippen MR) is 123 cm³/mol. The van der Waals surface area contributed by atoms with Gasteiger partial charge in [0.25, 0.3) is 11.8 Å². The topological polar surface area (TPSA) is 78.5 Å². The molecule has 0 bridgehead atoms. The first kappa shape index (κ1) is 21.8. The average molecular weight is 460 g/mol. The summed E-state index contributed by atoms with van der Waals surface area (Å²) in [7, 11) is 0. The van der Waals surface area contributed by atoms with Gasteiger partial charge >= 0.3 is 0 Å². The zero-order valence-electron chi connectivity index (χ0n) is 17.2. The lowest BCUT2D eigenvalue weighted by Gasteiger charge is -2.23. The lowest BCUT2D eigenvalue weighted by molar-refractivity contribution is -0.118. The Morgan fingerprint density at radius 2 is 1.61 bits per heavy atom.